The lowest BCUT2D eigenvalue weighted by atomic mass is 10.2. The molecule has 1 aliphatic rings. The minimum Gasteiger partial charge on any atom is -0.370 e. The van der Waals surface area contributed by atoms with Crippen LogP contribution in [0.5, 0.6) is 0 Å². The van der Waals surface area contributed by atoms with Gasteiger partial charge in [-0.1, -0.05) is 11.6 Å². The Kier molecular flexibility index (Phi) is 3.12. The molecule has 20 heavy (non-hydrogen) atoms. The van der Waals surface area contributed by atoms with Crippen LogP contribution >= 0.6 is 11.6 Å². The second kappa shape index (κ2) is 4.81. The third-order valence-corrected chi connectivity index (χ3v) is 3.20. The fraction of sp³-hybridized carbons (Fsp3) is 0.250. The average Bonchev–Trinajstić information content (AvgIpc) is 2.99. The fourth-order valence-corrected chi connectivity index (χ4v) is 2.22. The van der Waals surface area contributed by atoms with Crippen LogP contribution in [0.3, 0.4) is 0 Å². The number of ether oxygens (including phenoxy) is 1. The van der Waals surface area contributed by atoms with Gasteiger partial charge in [-0.05, 0) is 12.1 Å². The first-order chi connectivity index (χ1) is 9.61. The second-order valence-electron chi connectivity index (χ2n) is 4.14. The summed E-state index contributed by atoms with van der Waals surface area (Å²) in [6.45, 7) is 0.434. The molecule has 3 heterocycles. The highest BCUT2D eigenvalue weighted by atomic mass is 35.5. The van der Waals surface area contributed by atoms with Crippen LogP contribution in [0.1, 0.15) is 28.9 Å². The van der Waals surface area contributed by atoms with E-state index in [9.17, 15) is 8.78 Å². The first-order valence-corrected chi connectivity index (χ1v) is 6.03. The summed E-state index contributed by atoms with van der Waals surface area (Å²) >= 11 is 5.77. The van der Waals surface area contributed by atoms with Crippen molar-refractivity contribution in [3.8, 4) is 11.9 Å². The highest BCUT2D eigenvalue weighted by Gasteiger charge is 2.27. The number of nitriles is 1. The molecule has 8 heteroatoms. The van der Waals surface area contributed by atoms with Crippen LogP contribution in [0.25, 0.3) is 5.82 Å². The van der Waals surface area contributed by atoms with Crippen molar-refractivity contribution in [3.63, 3.8) is 0 Å². The Bertz CT molecular complexity index is 723. The molecule has 0 radical (unpaired) electrons. The number of nitrogens with zero attached hydrogens (tertiary/aromatic N) is 4. The molecule has 0 saturated heterocycles. The normalized spacial score (nSPS) is 13.6. The van der Waals surface area contributed by atoms with Gasteiger partial charge in [0.15, 0.2) is 11.5 Å². The molecule has 102 valence electrons. The van der Waals surface area contributed by atoms with Crippen LogP contribution in [0, 0.1) is 11.3 Å². The van der Waals surface area contributed by atoms with E-state index in [-0.39, 0.29) is 35.4 Å². The van der Waals surface area contributed by atoms with Gasteiger partial charge in [-0.3, -0.25) is 0 Å². The summed E-state index contributed by atoms with van der Waals surface area (Å²) in [5, 5.41) is 13.1. The third-order valence-electron chi connectivity index (χ3n) is 2.99. The molecule has 0 aromatic carbocycles. The molecule has 0 atom stereocenters. The van der Waals surface area contributed by atoms with Crippen molar-refractivity contribution in [1.82, 2.24) is 14.8 Å². The van der Waals surface area contributed by atoms with E-state index in [0.29, 0.717) is 11.3 Å². The summed E-state index contributed by atoms with van der Waals surface area (Å²) in [5.74, 6) is -0.0734. The van der Waals surface area contributed by atoms with Gasteiger partial charge >= 0.3 is 0 Å². The van der Waals surface area contributed by atoms with Crippen LogP contribution in [-0.2, 0) is 18.0 Å². The summed E-state index contributed by atoms with van der Waals surface area (Å²) in [5.41, 5.74) is 1.02. The molecule has 0 bridgehead atoms. The number of halogens is 3. The SMILES string of the molecule is N#Cc1nn(-c2nc(Cl)ccc2C(F)F)c2c1COC2. The maximum atomic E-state index is 13.1. The minimum absolute atomic E-state index is 0.0734. The average molecular weight is 297 g/mol. The Morgan fingerprint density at radius 2 is 2.20 bits per heavy atom. The Hall–Kier alpha value is -2.04. The lowest BCUT2D eigenvalue weighted by molar-refractivity contribution is 0.130. The maximum absolute atomic E-state index is 13.1. The van der Waals surface area contributed by atoms with Gasteiger partial charge in [-0.2, -0.15) is 10.4 Å². The maximum Gasteiger partial charge on any atom is 0.267 e. The highest BCUT2D eigenvalue weighted by molar-refractivity contribution is 6.29. The van der Waals surface area contributed by atoms with Crippen LogP contribution < -0.4 is 0 Å². The fourth-order valence-electron chi connectivity index (χ4n) is 2.08. The molecule has 0 unspecified atom stereocenters. The van der Waals surface area contributed by atoms with Crippen molar-refractivity contribution < 1.29 is 13.5 Å². The quantitative estimate of drug-likeness (QED) is 0.799. The zero-order valence-electron chi connectivity index (χ0n) is 9.98. The zero-order chi connectivity index (χ0) is 14.3. The Labute approximate surface area is 117 Å². The van der Waals surface area contributed by atoms with E-state index in [0.717, 1.165) is 0 Å². The number of rotatable bonds is 2. The molecule has 0 amide bonds. The van der Waals surface area contributed by atoms with Gasteiger partial charge in [-0.25, -0.2) is 18.4 Å². The van der Waals surface area contributed by atoms with Crippen molar-refractivity contribution in [3.05, 3.63) is 39.8 Å². The lowest BCUT2D eigenvalue weighted by Gasteiger charge is -2.10. The van der Waals surface area contributed by atoms with Gasteiger partial charge in [-0.15, -0.1) is 0 Å². The number of fused-ring (bicyclic) bond motifs is 1. The van der Waals surface area contributed by atoms with Gasteiger partial charge in [0.25, 0.3) is 6.43 Å². The smallest absolute Gasteiger partial charge is 0.267 e. The number of hydrogen-bond donors (Lipinski definition) is 0. The molecule has 3 rings (SSSR count). The standard InChI is InChI=1S/C12H7ClF2N4O/c13-10-2-1-6(11(14)15)12(17-10)19-9-5-20-4-7(9)8(3-16)18-19/h1-2,11H,4-5H2. The van der Waals surface area contributed by atoms with Crippen molar-refractivity contribution in [1.29, 1.82) is 5.26 Å². The van der Waals surface area contributed by atoms with Gasteiger partial charge in [0.05, 0.1) is 24.5 Å². The molecule has 0 spiro atoms. The van der Waals surface area contributed by atoms with Crippen molar-refractivity contribution >= 4 is 11.6 Å². The first kappa shape index (κ1) is 13.0. The van der Waals surface area contributed by atoms with E-state index in [2.05, 4.69) is 10.1 Å². The van der Waals surface area contributed by atoms with Crippen LogP contribution in [0.4, 0.5) is 8.78 Å². The molecule has 0 aliphatic carbocycles. The number of hydrogen-bond acceptors (Lipinski definition) is 4. The molecule has 2 aromatic rings. The van der Waals surface area contributed by atoms with E-state index < -0.39 is 6.43 Å². The molecule has 0 fully saturated rings. The highest BCUT2D eigenvalue weighted by Crippen LogP contribution is 2.30. The van der Waals surface area contributed by atoms with Gasteiger partial charge in [0, 0.05) is 5.56 Å². The van der Waals surface area contributed by atoms with E-state index >= 15 is 0 Å². The van der Waals surface area contributed by atoms with Gasteiger partial charge in [0.2, 0.25) is 0 Å². The van der Waals surface area contributed by atoms with Crippen LogP contribution in [-0.4, -0.2) is 14.8 Å². The molecule has 0 saturated carbocycles. The van der Waals surface area contributed by atoms with Crippen LogP contribution in [0.15, 0.2) is 12.1 Å². The van der Waals surface area contributed by atoms with Crippen molar-refractivity contribution in [2.24, 2.45) is 0 Å². The Balaban J connectivity index is 2.24. The summed E-state index contributed by atoms with van der Waals surface area (Å²) in [4.78, 5) is 3.91. The molecular weight excluding hydrogens is 290 g/mol. The monoisotopic (exact) mass is 296 g/mol. The summed E-state index contributed by atoms with van der Waals surface area (Å²) in [6, 6.07) is 4.41. The van der Waals surface area contributed by atoms with Crippen molar-refractivity contribution in [2.75, 3.05) is 0 Å². The zero-order valence-corrected chi connectivity index (χ0v) is 10.7. The van der Waals surface area contributed by atoms with E-state index in [4.69, 9.17) is 21.6 Å². The molecule has 5 nitrogen and oxygen atoms in total. The minimum atomic E-state index is -2.72. The predicted octanol–water partition coefficient (Wildman–Crippen LogP) is 2.76. The summed E-state index contributed by atoms with van der Waals surface area (Å²) in [6.07, 6.45) is -2.72. The topological polar surface area (TPSA) is 63.7 Å². The Morgan fingerprint density at radius 1 is 1.40 bits per heavy atom. The first-order valence-electron chi connectivity index (χ1n) is 5.65. The van der Waals surface area contributed by atoms with Crippen molar-refractivity contribution in [2.45, 2.75) is 19.6 Å². The molecule has 1 aliphatic heterocycles. The number of alkyl halides is 2. The predicted molar refractivity (Wildman–Crippen MR) is 64.5 cm³/mol. The lowest BCUT2D eigenvalue weighted by Crippen LogP contribution is -2.08. The second-order valence-corrected chi connectivity index (χ2v) is 4.53. The van der Waals surface area contributed by atoms with Gasteiger partial charge in [0.1, 0.15) is 11.2 Å². The Morgan fingerprint density at radius 3 is 2.90 bits per heavy atom. The van der Waals surface area contributed by atoms with Gasteiger partial charge < -0.3 is 4.74 Å². The largest absolute Gasteiger partial charge is 0.370 e. The summed E-state index contributed by atoms with van der Waals surface area (Å²) in [7, 11) is 0. The van der Waals surface area contributed by atoms with E-state index in [1.165, 1.54) is 16.8 Å². The van der Waals surface area contributed by atoms with E-state index in [1.807, 2.05) is 6.07 Å². The molecule has 0 N–H and O–H groups in total. The third kappa shape index (κ3) is 1.94. The van der Waals surface area contributed by atoms with Crippen LogP contribution in [0.2, 0.25) is 5.15 Å². The molecule has 2 aromatic heterocycles. The number of aromatic nitrogens is 3. The molecular formula is C12H7ClF2N4O. The summed E-state index contributed by atoms with van der Waals surface area (Å²) < 4.78 is 32.6. The van der Waals surface area contributed by atoms with E-state index in [1.54, 1.807) is 0 Å². The number of pyridine rings is 1.